The minimum Gasteiger partial charge on any atom is -0.495 e. The Morgan fingerprint density at radius 3 is 2.33 bits per heavy atom. The molecule has 0 heterocycles. The van der Waals surface area contributed by atoms with Crippen LogP contribution in [0.4, 0.5) is 16.2 Å². The molecule has 2 aromatic carbocycles. The predicted octanol–water partition coefficient (Wildman–Crippen LogP) is 4.20. The van der Waals surface area contributed by atoms with E-state index in [9.17, 15) is 9.59 Å². The number of amides is 2. The molecule has 2 amide bonds. The van der Waals surface area contributed by atoms with E-state index in [4.69, 9.17) is 21.1 Å². The van der Waals surface area contributed by atoms with Crippen LogP contribution in [0.2, 0.25) is 5.02 Å². The van der Waals surface area contributed by atoms with E-state index in [0.717, 1.165) is 0 Å². The van der Waals surface area contributed by atoms with Gasteiger partial charge in [0.25, 0.3) is 0 Å². The fourth-order valence-electron chi connectivity index (χ4n) is 2.06. The zero-order valence-corrected chi connectivity index (χ0v) is 14.2. The Morgan fingerprint density at radius 1 is 1.00 bits per heavy atom. The van der Waals surface area contributed by atoms with Gasteiger partial charge in [-0.15, -0.1) is 0 Å². The lowest BCUT2D eigenvalue weighted by Gasteiger charge is -2.14. The zero-order valence-electron chi connectivity index (χ0n) is 13.5. The summed E-state index contributed by atoms with van der Waals surface area (Å²) in [6, 6.07) is 9.28. The van der Waals surface area contributed by atoms with E-state index < -0.39 is 6.03 Å². The molecule has 0 aliphatic carbocycles. The molecule has 6 nitrogen and oxygen atoms in total. The number of carbonyl (C=O) groups is 2. The van der Waals surface area contributed by atoms with Crippen LogP contribution in [0.15, 0.2) is 36.4 Å². The van der Waals surface area contributed by atoms with Gasteiger partial charge in [0.2, 0.25) is 0 Å². The van der Waals surface area contributed by atoms with E-state index >= 15 is 0 Å². The lowest BCUT2D eigenvalue weighted by molar-refractivity contribution is 0.101. The van der Waals surface area contributed by atoms with Crippen LogP contribution in [-0.2, 0) is 0 Å². The number of urea groups is 1. The SMILES string of the molecule is COc1cc(NC(=O)Nc2cccc(C(C)=O)c2)c(OC)cc1Cl. The third-order valence-electron chi connectivity index (χ3n) is 3.25. The van der Waals surface area contributed by atoms with Crippen LogP contribution in [0.5, 0.6) is 11.5 Å². The van der Waals surface area contributed by atoms with Crippen molar-refractivity contribution in [2.75, 3.05) is 24.9 Å². The Bertz CT molecular complexity index is 777. The summed E-state index contributed by atoms with van der Waals surface area (Å²) in [5.41, 5.74) is 1.41. The van der Waals surface area contributed by atoms with Gasteiger partial charge in [-0.1, -0.05) is 23.7 Å². The summed E-state index contributed by atoms with van der Waals surface area (Å²) >= 11 is 6.03. The number of ether oxygens (including phenoxy) is 2. The second-order valence-corrected chi connectivity index (χ2v) is 5.31. The van der Waals surface area contributed by atoms with Crippen molar-refractivity contribution in [2.24, 2.45) is 0 Å². The molecule has 0 bridgehead atoms. The average molecular weight is 349 g/mol. The molecule has 2 rings (SSSR count). The van der Waals surface area contributed by atoms with Gasteiger partial charge >= 0.3 is 6.03 Å². The van der Waals surface area contributed by atoms with Gasteiger partial charge in [-0.25, -0.2) is 4.79 Å². The Morgan fingerprint density at radius 2 is 1.71 bits per heavy atom. The summed E-state index contributed by atoms with van der Waals surface area (Å²) in [5, 5.41) is 5.69. The summed E-state index contributed by atoms with van der Waals surface area (Å²) in [7, 11) is 2.95. The quantitative estimate of drug-likeness (QED) is 0.794. The van der Waals surface area contributed by atoms with Crippen molar-refractivity contribution in [1.29, 1.82) is 0 Å². The second kappa shape index (κ2) is 7.70. The zero-order chi connectivity index (χ0) is 17.7. The average Bonchev–Trinajstić information content (AvgIpc) is 2.56. The first-order chi connectivity index (χ1) is 11.4. The van der Waals surface area contributed by atoms with Gasteiger partial charge in [0, 0.05) is 23.4 Å². The number of hydrogen-bond donors (Lipinski definition) is 2. The lowest BCUT2D eigenvalue weighted by Crippen LogP contribution is -2.20. The minimum atomic E-state index is -0.488. The number of methoxy groups -OCH3 is 2. The van der Waals surface area contributed by atoms with E-state index in [1.54, 1.807) is 36.4 Å². The van der Waals surface area contributed by atoms with Gasteiger partial charge in [-0.3, -0.25) is 4.79 Å². The molecule has 0 saturated heterocycles. The van der Waals surface area contributed by atoms with Crippen LogP contribution in [0, 0.1) is 0 Å². The van der Waals surface area contributed by atoms with Crippen molar-refractivity contribution in [3.63, 3.8) is 0 Å². The van der Waals surface area contributed by atoms with E-state index in [2.05, 4.69) is 10.6 Å². The molecule has 2 aromatic rings. The third-order valence-corrected chi connectivity index (χ3v) is 3.54. The number of hydrogen-bond acceptors (Lipinski definition) is 4. The first-order valence-electron chi connectivity index (χ1n) is 7.05. The Hall–Kier alpha value is -2.73. The number of anilines is 2. The summed E-state index contributed by atoms with van der Waals surface area (Å²) < 4.78 is 10.3. The molecule has 0 aliphatic heterocycles. The second-order valence-electron chi connectivity index (χ2n) is 4.90. The smallest absolute Gasteiger partial charge is 0.323 e. The van der Waals surface area contributed by atoms with E-state index in [1.807, 2.05) is 0 Å². The molecule has 126 valence electrons. The molecular formula is C17H17ClN2O4. The van der Waals surface area contributed by atoms with Crippen LogP contribution >= 0.6 is 11.6 Å². The summed E-state index contributed by atoms with van der Waals surface area (Å²) in [6.45, 7) is 1.46. The maximum Gasteiger partial charge on any atom is 0.323 e. The normalized spacial score (nSPS) is 10.0. The van der Waals surface area contributed by atoms with Gasteiger partial charge in [0.1, 0.15) is 11.5 Å². The molecule has 0 aliphatic rings. The van der Waals surface area contributed by atoms with Crippen LogP contribution in [0.25, 0.3) is 0 Å². The fraction of sp³-hybridized carbons (Fsp3) is 0.176. The van der Waals surface area contributed by atoms with Crippen molar-refractivity contribution >= 4 is 34.8 Å². The molecule has 7 heteroatoms. The maximum absolute atomic E-state index is 12.2. The van der Waals surface area contributed by atoms with Crippen molar-refractivity contribution in [2.45, 2.75) is 6.92 Å². The monoisotopic (exact) mass is 348 g/mol. The van der Waals surface area contributed by atoms with Crippen molar-refractivity contribution < 1.29 is 19.1 Å². The fourth-order valence-corrected chi connectivity index (χ4v) is 2.29. The molecule has 0 spiro atoms. The van der Waals surface area contributed by atoms with E-state index in [-0.39, 0.29) is 5.78 Å². The molecule has 0 radical (unpaired) electrons. The highest BCUT2D eigenvalue weighted by Crippen LogP contribution is 2.35. The first-order valence-corrected chi connectivity index (χ1v) is 7.43. The minimum absolute atomic E-state index is 0.0804. The number of Topliss-reactive ketones (excluding diaryl/α,β-unsaturated/α-hetero) is 1. The van der Waals surface area contributed by atoms with Crippen LogP contribution in [-0.4, -0.2) is 26.0 Å². The summed E-state index contributed by atoms with van der Waals surface area (Å²) in [5.74, 6) is 0.725. The van der Waals surface area contributed by atoms with Crippen LogP contribution in [0.1, 0.15) is 17.3 Å². The Balaban J connectivity index is 2.18. The van der Waals surface area contributed by atoms with Gasteiger partial charge in [-0.2, -0.15) is 0 Å². The topological polar surface area (TPSA) is 76.7 Å². The van der Waals surface area contributed by atoms with Crippen LogP contribution in [0.3, 0.4) is 0 Å². The summed E-state index contributed by atoms with van der Waals surface area (Å²) in [6.07, 6.45) is 0. The molecular weight excluding hydrogens is 332 g/mol. The third kappa shape index (κ3) is 4.17. The molecule has 2 N–H and O–H groups in total. The highest BCUT2D eigenvalue weighted by atomic mass is 35.5. The number of benzene rings is 2. The predicted molar refractivity (Wildman–Crippen MR) is 93.6 cm³/mol. The molecule has 0 saturated carbocycles. The Labute approximate surface area is 144 Å². The van der Waals surface area contributed by atoms with Crippen molar-refractivity contribution in [3.05, 3.63) is 47.0 Å². The summed E-state index contributed by atoms with van der Waals surface area (Å²) in [4.78, 5) is 23.6. The highest BCUT2D eigenvalue weighted by molar-refractivity contribution is 6.32. The lowest BCUT2D eigenvalue weighted by atomic mass is 10.1. The van der Waals surface area contributed by atoms with E-state index in [0.29, 0.717) is 33.5 Å². The van der Waals surface area contributed by atoms with Gasteiger partial charge in [-0.05, 0) is 19.1 Å². The van der Waals surface area contributed by atoms with Gasteiger partial charge in [0.05, 0.1) is 24.9 Å². The largest absolute Gasteiger partial charge is 0.495 e. The van der Waals surface area contributed by atoms with Gasteiger partial charge < -0.3 is 20.1 Å². The number of rotatable bonds is 5. The molecule has 0 aromatic heterocycles. The standard InChI is InChI=1S/C17H17ClN2O4/c1-10(21)11-5-4-6-12(7-11)19-17(22)20-14-9-15(23-2)13(18)8-16(14)24-3/h4-9H,1-3H3,(H2,19,20,22). The first kappa shape index (κ1) is 17.6. The number of nitrogens with one attached hydrogen (secondary N) is 2. The van der Waals surface area contributed by atoms with Crippen molar-refractivity contribution in [1.82, 2.24) is 0 Å². The van der Waals surface area contributed by atoms with Gasteiger partial charge in [0.15, 0.2) is 5.78 Å². The number of ketones is 1. The number of halogens is 1. The molecule has 0 fully saturated rings. The van der Waals surface area contributed by atoms with Crippen LogP contribution < -0.4 is 20.1 Å². The van der Waals surface area contributed by atoms with Crippen molar-refractivity contribution in [3.8, 4) is 11.5 Å². The highest BCUT2D eigenvalue weighted by Gasteiger charge is 2.13. The molecule has 0 unspecified atom stereocenters. The maximum atomic E-state index is 12.2. The van der Waals surface area contributed by atoms with E-state index in [1.165, 1.54) is 21.1 Å². The molecule has 24 heavy (non-hydrogen) atoms. The number of carbonyl (C=O) groups excluding carboxylic acids is 2. The molecule has 0 atom stereocenters. The Kier molecular flexibility index (Phi) is 5.65.